The zero-order valence-electron chi connectivity index (χ0n) is 8.83. The maximum Gasteiger partial charge on any atom is 0.252 e. The van der Waals surface area contributed by atoms with E-state index < -0.39 is 5.91 Å². The van der Waals surface area contributed by atoms with Crippen molar-refractivity contribution in [2.45, 2.75) is 13.0 Å². The zero-order chi connectivity index (χ0) is 11.7. The molecule has 1 aliphatic rings. The van der Waals surface area contributed by atoms with Crippen molar-refractivity contribution in [1.82, 2.24) is 0 Å². The Morgan fingerprint density at radius 1 is 1.69 bits per heavy atom. The van der Waals surface area contributed by atoms with E-state index >= 15 is 0 Å². The molecule has 86 valence electrons. The van der Waals surface area contributed by atoms with Crippen molar-refractivity contribution in [1.29, 1.82) is 0 Å². The fourth-order valence-corrected chi connectivity index (χ4v) is 2.02. The highest BCUT2D eigenvalue weighted by Gasteiger charge is 2.24. The molecule has 1 aliphatic heterocycles. The van der Waals surface area contributed by atoms with Crippen molar-refractivity contribution in [3.8, 4) is 5.75 Å². The summed E-state index contributed by atoms with van der Waals surface area (Å²) in [5.41, 5.74) is 6.58. The average Bonchev–Trinajstić information content (AvgIpc) is 2.98. The number of hydrogen-bond acceptors (Lipinski definition) is 3. The van der Waals surface area contributed by atoms with E-state index in [0.29, 0.717) is 17.9 Å². The number of nitrogens with two attached hydrogens (primary N) is 1. The highest BCUT2D eigenvalue weighted by Crippen LogP contribution is 2.28. The molecule has 1 heterocycles. The third-order valence-corrected chi connectivity index (χ3v) is 2.78. The summed E-state index contributed by atoms with van der Waals surface area (Å²) in [5.74, 6) is 0.0577. The molecule has 0 aliphatic carbocycles. The molecule has 0 spiro atoms. The van der Waals surface area contributed by atoms with Crippen LogP contribution >= 0.6 is 15.9 Å². The summed E-state index contributed by atoms with van der Waals surface area (Å²) in [7, 11) is 0. The van der Waals surface area contributed by atoms with E-state index in [1.165, 1.54) is 0 Å². The van der Waals surface area contributed by atoms with E-state index in [-0.39, 0.29) is 6.10 Å². The monoisotopic (exact) mass is 285 g/mol. The first-order valence-corrected chi connectivity index (χ1v) is 5.71. The lowest BCUT2D eigenvalue weighted by atomic mass is 10.1. The van der Waals surface area contributed by atoms with Crippen LogP contribution in [-0.4, -0.2) is 25.2 Å². The Morgan fingerprint density at radius 3 is 2.94 bits per heavy atom. The fraction of sp³-hybridized carbons (Fsp3) is 0.364. The number of halogens is 1. The molecule has 1 fully saturated rings. The topological polar surface area (TPSA) is 64.9 Å². The van der Waals surface area contributed by atoms with Crippen molar-refractivity contribution in [3.63, 3.8) is 0 Å². The Kier molecular flexibility index (Phi) is 3.16. The summed E-state index contributed by atoms with van der Waals surface area (Å²) < 4.78 is 11.4. The molecule has 1 saturated heterocycles. The van der Waals surface area contributed by atoms with Crippen LogP contribution in [0.25, 0.3) is 0 Å². The van der Waals surface area contributed by atoms with Gasteiger partial charge in [-0.15, -0.1) is 0 Å². The lowest BCUT2D eigenvalue weighted by molar-refractivity contribution is 0.0995. The SMILES string of the molecule is Cc1cc(Br)cc(C(N)=O)c1OCC1CO1. The minimum atomic E-state index is -0.490. The van der Waals surface area contributed by atoms with Crippen LogP contribution in [0.3, 0.4) is 0 Å². The van der Waals surface area contributed by atoms with Gasteiger partial charge in [0.2, 0.25) is 0 Å². The second-order valence-electron chi connectivity index (χ2n) is 3.73. The number of carbonyl (C=O) groups excluding carboxylic acids is 1. The van der Waals surface area contributed by atoms with Crippen LogP contribution in [-0.2, 0) is 4.74 Å². The van der Waals surface area contributed by atoms with E-state index in [2.05, 4.69) is 15.9 Å². The minimum Gasteiger partial charge on any atom is -0.490 e. The van der Waals surface area contributed by atoms with E-state index in [1.807, 2.05) is 13.0 Å². The third kappa shape index (κ3) is 2.54. The molecule has 0 bridgehead atoms. The van der Waals surface area contributed by atoms with Gasteiger partial charge in [-0.25, -0.2) is 0 Å². The second-order valence-corrected chi connectivity index (χ2v) is 4.65. The number of aryl methyl sites for hydroxylation is 1. The van der Waals surface area contributed by atoms with Gasteiger partial charge in [-0.05, 0) is 24.6 Å². The first-order chi connectivity index (χ1) is 7.58. The average molecular weight is 286 g/mol. The molecule has 0 saturated carbocycles. The summed E-state index contributed by atoms with van der Waals surface area (Å²) in [6.07, 6.45) is 0.156. The first-order valence-electron chi connectivity index (χ1n) is 4.92. The molecule has 1 aromatic rings. The number of carbonyl (C=O) groups is 1. The van der Waals surface area contributed by atoms with Gasteiger partial charge in [-0.1, -0.05) is 15.9 Å². The third-order valence-electron chi connectivity index (χ3n) is 2.32. The summed E-state index contributed by atoms with van der Waals surface area (Å²) >= 11 is 3.32. The number of benzene rings is 1. The lowest BCUT2D eigenvalue weighted by Crippen LogP contribution is -2.15. The van der Waals surface area contributed by atoms with Crippen LogP contribution in [0.2, 0.25) is 0 Å². The Labute approximate surface area is 102 Å². The molecule has 2 rings (SSSR count). The fourth-order valence-electron chi connectivity index (χ4n) is 1.45. The van der Waals surface area contributed by atoms with Crippen LogP contribution in [0, 0.1) is 6.92 Å². The van der Waals surface area contributed by atoms with Crippen molar-refractivity contribution in [3.05, 3.63) is 27.7 Å². The number of epoxide rings is 1. The van der Waals surface area contributed by atoms with E-state index in [9.17, 15) is 4.79 Å². The van der Waals surface area contributed by atoms with Crippen molar-refractivity contribution in [2.24, 2.45) is 5.73 Å². The van der Waals surface area contributed by atoms with Gasteiger partial charge < -0.3 is 15.2 Å². The van der Waals surface area contributed by atoms with Gasteiger partial charge in [0.1, 0.15) is 18.5 Å². The van der Waals surface area contributed by atoms with Gasteiger partial charge in [-0.3, -0.25) is 4.79 Å². The van der Waals surface area contributed by atoms with Crippen molar-refractivity contribution >= 4 is 21.8 Å². The van der Waals surface area contributed by atoms with Crippen LogP contribution in [0.1, 0.15) is 15.9 Å². The molecular weight excluding hydrogens is 274 g/mol. The number of rotatable bonds is 4. The molecule has 16 heavy (non-hydrogen) atoms. The Bertz CT molecular complexity index is 429. The number of hydrogen-bond donors (Lipinski definition) is 1. The number of ether oxygens (including phenoxy) is 2. The molecular formula is C11H12BrNO3. The highest BCUT2D eigenvalue weighted by atomic mass is 79.9. The molecule has 1 amide bonds. The smallest absolute Gasteiger partial charge is 0.252 e. The van der Waals surface area contributed by atoms with Gasteiger partial charge in [0, 0.05) is 4.47 Å². The minimum absolute atomic E-state index is 0.156. The van der Waals surface area contributed by atoms with Crippen LogP contribution < -0.4 is 10.5 Å². The van der Waals surface area contributed by atoms with Gasteiger partial charge >= 0.3 is 0 Å². The van der Waals surface area contributed by atoms with Crippen molar-refractivity contribution < 1.29 is 14.3 Å². The maximum absolute atomic E-state index is 11.3. The van der Waals surface area contributed by atoms with E-state index in [0.717, 1.165) is 16.6 Å². The molecule has 4 nitrogen and oxygen atoms in total. The highest BCUT2D eigenvalue weighted by molar-refractivity contribution is 9.10. The lowest BCUT2D eigenvalue weighted by Gasteiger charge is -2.12. The van der Waals surface area contributed by atoms with Gasteiger partial charge in [0.15, 0.2) is 0 Å². The number of primary amides is 1. The maximum atomic E-state index is 11.3. The molecule has 1 unspecified atom stereocenters. The van der Waals surface area contributed by atoms with Crippen LogP contribution in [0.15, 0.2) is 16.6 Å². The normalized spacial score (nSPS) is 18.2. The van der Waals surface area contributed by atoms with E-state index in [4.69, 9.17) is 15.2 Å². The molecule has 2 N–H and O–H groups in total. The molecule has 1 aromatic carbocycles. The van der Waals surface area contributed by atoms with Gasteiger partial charge in [0.05, 0.1) is 12.2 Å². The standard InChI is InChI=1S/C11H12BrNO3/c1-6-2-7(12)3-9(11(13)14)10(6)16-5-8-4-15-8/h2-3,8H,4-5H2,1H3,(H2,13,14). The second kappa shape index (κ2) is 4.43. The summed E-state index contributed by atoms with van der Waals surface area (Å²) in [6.45, 7) is 3.06. The molecule has 0 radical (unpaired) electrons. The summed E-state index contributed by atoms with van der Waals surface area (Å²) in [4.78, 5) is 11.3. The van der Waals surface area contributed by atoms with Crippen molar-refractivity contribution in [2.75, 3.05) is 13.2 Å². The molecule has 0 aromatic heterocycles. The first kappa shape index (κ1) is 11.4. The Balaban J connectivity index is 2.27. The molecule has 5 heteroatoms. The van der Waals surface area contributed by atoms with Gasteiger partial charge in [-0.2, -0.15) is 0 Å². The Morgan fingerprint density at radius 2 is 2.38 bits per heavy atom. The van der Waals surface area contributed by atoms with E-state index in [1.54, 1.807) is 6.07 Å². The Hall–Kier alpha value is -1.07. The summed E-state index contributed by atoms with van der Waals surface area (Å²) in [5, 5.41) is 0. The van der Waals surface area contributed by atoms with Gasteiger partial charge in [0.25, 0.3) is 5.91 Å². The predicted octanol–water partition coefficient (Wildman–Crippen LogP) is 1.63. The predicted molar refractivity (Wildman–Crippen MR) is 62.6 cm³/mol. The largest absolute Gasteiger partial charge is 0.490 e. The van der Waals surface area contributed by atoms with Crippen LogP contribution in [0.4, 0.5) is 0 Å². The summed E-state index contributed by atoms with van der Waals surface area (Å²) in [6, 6.07) is 3.55. The number of amides is 1. The van der Waals surface area contributed by atoms with Crippen LogP contribution in [0.5, 0.6) is 5.75 Å². The quantitative estimate of drug-likeness (QED) is 0.856. The zero-order valence-corrected chi connectivity index (χ0v) is 10.4. The molecule has 1 atom stereocenters.